The van der Waals surface area contributed by atoms with Crippen LogP contribution in [0, 0.1) is 0 Å². The van der Waals surface area contributed by atoms with E-state index in [1.807, 2.05) is 24.3 Å². The number of carbonyl (C=O) groups is 1. The van der Waals surface area contributed by atoms with Crippen LogP contribution in [0.25, 0.3) is 10.8 Å². The van der Waals surface area contributed by atoms with Crippen molar-refractivity contribution in [1.82, 2.24) is 4.90 Å². The Labute approximate surface area is 107 Å². The molecule has 0 saturated heterocycles. The topological polar surface area (TPSA) is 46.3 Å². The van der Waals surface area contributed by atoms with Crippen molar-refractivity contribution in [3.63, 3.8) is 0 Å². The lowest BCUT2D eigenvalue weighted by atomic mass is 10.00. The first-order valence-electron chi connectivity index (χ1n) is 6.02. The molecular formula is C15H18N2O. The highest BCUT2D eigenvalue weighted by Gasteiger charge is 2.13. The van der Waals surface area contributed by atoms with Gasteiger partial charge in [-0.2, -0.15) is 0 Å². The number of carbonyl (C=O) groups excluding carboxylic acids is 1. The second-order valence-corrected chi connectivity index (χ2v) is 4.71. The maximum atomic E-state index is 11.6. The average Bonchev–Trinajstić information content (AvgIpc) is 2.37. The van der Waals surface area contributed by atoms with Crippen LogP contribution in [0.5, 0.6) is 0 Å². The molecule has 18 heavy (non-hydrogen) atoms. The second kappa shape index (κ2) is 5.19. The quantitative estimate of drug-likeness (QED) is 0.897. The van der Waals surface area contributed by atoms with Gasteiger partial charge in [0, 0.05) is 26.6 Å². The first-order chi connectivity index (χ1) is 8.58. The Hall–Kier alpha value is -1.87. The summed E-state index contributed by atoms with van der Waals surface area (Å²) in [6.07, 6.45) is 0.339. The van der Waals surface area contributed by atoms with Gasteiger partial charge >= 0.3 is 0 Å². The fourth-order valence-corrected chi connectivity index (χ4v) is 1.93. The zero-order chi connectivity index (χ0) is 13.1. The van der Waals surface area contributed by atoms with Crippen LogP contribution in [0.3, 0.4) is 0 Å². The number of nitrogens with zero attached hydrogens (tertiary/aromatic N) is 1. The molecule has 1 unspecified atom stereocenters. The molecule has 2 aromatic carbocycles. The molecule has 0 bridgehead atoms. The second-order valence-electron chi connectivity index (χ2n) is 4.71. The number of hydrogen-bond donors (Lipinski definition) is 1. The fraction of sp³-hybridized carbons (Fsp3) is 0.267. The number of nitrogens with two attached hydrogens (primary N) is 1. The summed E-state index contributed by atoms with van der Waals surface area (Å²) in [5, 5.41) is 2.34. The Bertz CT molecular complexity index is 563. The Balaban J connectivity index is 2.22. The highest BCUT2D eigenvalue weighted by atomic mass is 16.2. The number of fused-ring (bicyclic) bond motifs is 1. The maximum absolute atomic E-state index is 11.6. The van der Waals surface area contributed by atoms with Gasteiger partial charge in [0.15, 0.2) is 0 Å². The minimum Gasteiger partial charge on any atom is -0.349 e. The molecule has 1 atom stereocenters. The van der Waals surface area contributed by atoms with E-state index in [1.54, 1.807) is 19.0 Å². The van der Waals surface area contributed by atoms with Crippen LogP contribution in [0.15, 0.2) is 42.5 Å². The van der Waals surface area contributed by atoms with Crippen molar-refractivity contribution in [1.29, 1.82) is 0 Å². The lowest BCUT2D eigenvalue weighted by Crippen LogP contribution is -2.26. The van der Waals surface area contributed by atoms with Crippen LogP contribution in [0.1, 0.15) is 18.0 Å². The van der Waals surface area contributed by atoms with Gasteiger partial charge in [-0.1, -0.05) is 36.4 Å². The van der Waals surface area contributed by atoms with Gasteiger partial charge in [0.1, 0.15) is 0 Å². The first-order valence-corrected chi connectivity index (χ1v) is 6.02. The van der Waals surface area contributed by atoms with E-state index >= 15 is 0 Å². The normalized spacial score (nSPS) is 12.4. The third kappa shape index (κ3) is 2.68. The summed E-state index contributed by atoms with van der Waals surface area (Å²) in [6.45, 7) is 0. The van der Waals surface area contributed by atoms with Crippen LogP contribution < -0.4 is 5.73 Å². The van der Waals surface area contributed by atoms with Gasteiger partial charge in [-0.3, -0.25) is 4.79 Å². The predicted molar refractivity (Wildman–Crippen MR) is 74.2 cm³/mol. The Morgan fingerprint density at radius 3 is 2.50 bits per heavy atom. The van der Waals surface area contributed by atoms with Crippen molar-refractivity contribution >= 4 is 16.7 Å². The van der Waals surface area contributed by atoms with Crippen molar-refractivity contribution in [2.45, 2.75) is 12.5 Å². The smallest absolute Gasteiger partial charge is 0.223 e. The van der Waals surface area contributed by atoms with E-state index < -0.39 is 0 Å². The molecule has 0 radical (unpaired) electrons. The van der Waals surface area contributed by atoms with Gasteiger partial charge in [-0.25, -0.2) is 0 Å². The molecule has 94 valence electrons. The minimum absolute atomic E-state index is 0.0515. The molecule has 2 aromatic rings. The highest BCUT2D eigenvalue weighted by Crippen LogP contribution is 2.21. The molecule has 0 saturated carbocycles. The molecule has 3 nitrogen and oxygen atoms in total. The highest BCUT2D eigenvalue weighted by molar-refractivity contribution is 5.83. The first kappa shape index (κ1) is 12.6. The van der Waals surface area contributed by atoms with Crippen LogP contribution in [0.2, 0.25) is 0 Å². The third-order valence-corrected chi connectivity index (χ3v) is 3.10. The Kier molecular flexibility index (Phi) is 3.63. The number of hydrogen-bond acceptors (Lipinski definition) is 2. The van der Waals surface area contributed by atoms with Crippen LogP contribution in [0.4, 0.5) is 0 Å². The average molecular weight is 242 g/mol. The number of amides is 1. The summed E-state index contributed by atoms with van der Waals surface area (Å²) < 4.78 is 0. The zero-order valence-electron chi connectivity index (χ0n) is 10.8. The van der Waals surface area contributed by atoms with Gasteiger partial charge in [0.2, 0.25) is 5.91 Å². The van der Waals surface area contributed by atoms with Crippen molar-refractivity contribution in [2.24, 2.45) is 5.73 Å². The molecule has 0 spiro atoms. The van der Waals surface area contributed by atoms with Gasteiger partial charge in [-0.15, -0.1) is 0 Å². The molecule has 2 N–H and O–H groups in total. The maximum Gasteiger partial charge on any atom is 0.223 e. The van der Waals surface area contributed by atoms with Crippen molar-refractivity contribution in [3.05, 3.63) is 48.0 Å². The van der Waals surface area contributed by atoms with Crippen molar-refractivity contribution in [2.75, 3.05) is 14.1 Å². The number of benzene rings is 2. The summed E-state index contributed by atoms with van der Waals surface area (Å²) in [5.74, 6) is 0.0515. The predicted octanol–water partition coefficient (Wildman–Crippen LogP) is 2.32. The molecule has 0 aromatic heterocycles. The van der Waals surface area contributed by atoms with Crippen LogP contribution in [-0.4, -0.2) is 24.9 Å². The van der Waals surface area contributed by atoms with E-state index in [0.717, 1.165) is 10.9 Å². The van der Waals surface area contributed by atoms with E-state index in [9.17, 15) is 4.79 Å². The van der Waals surface area contributed by atoms with Crippen molar-refractivity contribution in [3.8, 4) is 0 Å². The van der Waals surface area contributed by atoms with Crippen LogP contribution in [-0.2, 0) is 4.79 Å². The van der Waals surface area contributed by atoms with E-state index in [1.165, 1.54) is 5.39 Å². The van der Waals surface area contributed by atoms with E-state index in [2.05, 4.69) is 18.2 Å². The van der Waals surface area contributed by atoms with Gasteiger partial charge in [0.25, 0.3) is 0 Å². The zero-order valence-corrected chi connectivity index (χ0v) is 10.8. The summed E-state index contributed by atoms with van der Waals surface area (Å²) in [5.41, 5.74) is 7.08. The third-order valence-electron chi connectivity index (χ3n) is 3.10. The lowest BCUT2D eigenvalue weighted by Gasteiger charge is -2.16. The summed E-state index contributed by atoms with van der Waals surface area (Å²) in [6, 6.07) is 14.0. The minimum atomic E-state index is -0.246. The molecule has 2 rings (SSSR count). The largest absolute Gasteiger partial charge is 0.349 e. The van der Waals surface area contributed by atoms with E-state index in [-0.39, 0.29) is 11.9 Å². The van der Waals surface area contributed by atoms with Gasteiger partial charge in [0.05, 0.1) is 0 Å². The van der Waals surface area contributed by atoms with E-state index in [4.69, 9.17) is 5.73 Å². The van der Waals surface area contributed by atoms with Crippen molar-refractivity contribution < 1.29 is 4.79 Å². The summed E-state index contributed by atoms with van der Waals surface area (Å²) in [7, 11) is 3.49. The van der Waals surface area contributed by atoms with Gasteiger partial charge < -0.3 is 10.6 Å². The number of rotatable bonds is 3. The van der Waals surface area contributed by atoms with E-state index in [0.29, 0.717) is 6.42 Å². The molecule has 3 heteroatoms. The monoisotopic (exact) mass is 242 g/mol. The molecule has 0 aliphatic rings. The SMILES string of the molecule is CN(C)C(=O)CC(N)c1ccc2ccccc2c1. The molecule has 0 fully saturated rings. The molecule has 1 amide bonds. The standard InChI is InChI=1S/C15H18N2O/c1-17(2)15(18)10-14(16)13-8-7-11-5-3-4-6-12(11)9-13/h3-9,14H,10,16H2,1-2H3. The van der Waals surface area contributed by atoms with Gasteiger partial charge in [-0.05, 0) is 22.4 Å². The molecular weight excluding hydrogens is 224 g/mol. The molecule has 0 aliphatic heterocycles. The lowest BCUT2D eigenvalue weighted by molar-refractivity contribution is -0.129. The Morgan fingerprint density at radius 2 is 1.83 bits per heavy atom. The summed E-state index contributed by atoms with van der Waals surface area (Å²) >= 11 is 0. The van der Waals surface area contributed by atoms with Crippen LogP contribution >= 0.6 is 0 Å². The molecule has 0 aliphatic carbocycles. The summed E-state index contributed by atoms with van der Waals surface area (Å²) in [4.78, 5) is 13.2. The fourth-order valence-electron chi connectivity index (χ4n) is 1.93. The Morgan fingerprint density at radius 1 is 1.17 bits per heavy atom. The molecule has 0 heterocycles.